The van der Waals surface area contributed by atoms with E-state index in [0.717, 1.165) is 0 Å². The number of primary amides is 1. The summed E-state index contributed by atoms with van der Waals surface area (Å²) in [7, 11) is 1.28. The molecule has 0 aromatic heterocycles. The molecule has 0 heterocycles. The number of hydrogen-bond acceptors (Lipinski definition) is 4. The topological polar surface area (TPSA) is 84.9 Å². The van der Waals surface area contributed by atoms with E-state index in [-0.39, 0.29) is 5.71 Å². The molecule has 0 unspecified atom stereocenters. The number of nitrogens with two attached hydrogens (primary N) is 1. The van der Waals surface area contributed by atoms with E-state index < -0.39 is 12.0 Å². The molecule has 0 radical (unpaired) electrons. The molecular weight excluding hydrogens is 196 g/mol. The summed E-state index contributed by atoms with van der Waals surface area (Å²) >= 11 is 0. The summed E-state index contributed by atoms with van der Waals surface area (Å²) in [4.78, 5) is 15.4. The van der Waals surface area contributed by atoms with Crippen molar-refractivity contribution in [2.24, 2.45) is 10.9 Å². The Kier molecular flexibility index (Phi) is 3.82. The van der Waals surface area contributed by atoms with Gasteiger partial charge in [-0.2, -0.15) is 0 Å². The molecule has 3 N–H and O–H groups in total. The van der Waals surface area contributed by atoms with Gasteiger partial charge in [-0.1, -0.05) is 35.5 Å². The largest absolute Gasteiger partial charge is 0.399 e. The van der Waals surface area contributed by atoms with Crippen LogP contribution < -0.4 is 5.73 Å². The minimum atomic E-state index is -1.16. The summed E-state index contributed by atoms with van der Waals surface area (Å²) in [6.07, 6.45) is -1.16. The number of rotatable bonds is 4. The first-order chi connectivity index (χ1) is 7.16. The lowest BCUT2D eigenvalue weighted by atomic mass is 10.1. The van der Waals surface area contributed by atoms with E-state index in [4.69, 9.17) is 5.73 Å². The van der Waals surface area contributed by atoms with E-state index in [9.17, 15) is 9.90 Å². The van der Waals surface area contributed by atoms with Gasteiger partial charge in [0.1, 0.15) is 13.2 Å². The molecule has 0 bridgehead atoms. The maximum atomic E-state index is 11.0. The number of aliphatic hydroxyl groups excluding tert-OH is 1. The zero-order valence-corrected chi connectivity index (χ0v) is 8.25. The number of oxime groups is 1. The zero-order chi connectivity index (χ0) is 11.3. The lowest BCUT2D eigenvalue weighted by Crippen LogP contribution is -2.29. The van der Waals surface area contributed by atoms with Crippen LogP contribution in [-0.2, 0) is 9.63 Å². The van der Waals surface area contributed by atoms with E-state index in [1.165, 1.54) is 7.11 Å². The van der Waals surface area contributed by atoms with Crippen LogP contribution >= 0.6 is 0 Å². The molecule has 1 aromatic carbocycles. The van der Waals surface area contributed by atoms with Crippen molar-refractivity contribution in [2.75, 3.05) is 7.11 Å². The molecule has 0 aliphatic heterocycles. The summed E-state index contributed by atoms with van der Waals surface area (Å²) in [5.41, 5.74) is 5.37. The molecule has 1 rings (SSSR count). The smallest absolute Gasteiger partial charge is 0.269 e. The second kappa shape index (κ2) is 5.11. The molecule has 1 amide bonds. The van der Waals surface area contributed by atoms with E-state index in [1.54, 1.807) is 30.3 Å². The van der Waals surface area contributed by atoms with Gasteiger partial charge >= 0.3 is 0 Å². The average Bonchev–Trinajstić information content (AvgIpc) is 2.26. The Balaban J connectivity index is 2.96. The van der Waals surface area contributed by atoms with Crippen molar-refractivity contribution in [3.63, 3.8) is 0 Å². The van der Waals surface area contributed by atoms with E-state index in [0.29, 0.717) is 5.56 Å². The highest BCUT2D eigenvalue weighted by atomic mass is 16.6. The van der Waals surface area contributed by atoms with E-state index in [2.05, 4.69) is 9.99 Å². The summed E-state index contributed by atoms with van der Waals surface area (Å²) in [5, 5.41) is 13.2. The average molecular weight is 208 g/mol. The summed E-state index contributed by atoms with van der Waals surface area (Å²) < 4.78 is 0. The fourth-order valence-corrected chi connectivity index (χ4v) is 1.12. The van der Waals surface area contributed by atoms with E-state index >= 15 is 0 Å². The van der Waals surface area contributed by atoms with Crippen LogP contribution in [0.3, 0.4) is 0 Å². The normalized spacial score (nSPS) is 13.3. The van der Waals surface area contributed by atoms with Gasteiger partial charge in [0.05, 0.1) is 0 Å². The Labute approximate surface area is 87.1 Å². The fraction of sp³-hybridized carbons (Fsp3) is 0.200. The molecule has 5 nitrogen and oxygen atoms in total. The van der Waals surface area contributed by atoms with Crippen molar-refractivity contribution < 1.29 is 14.7 Å². The number of aliphatic hydroxyl groups is 1. The van der Waals surface area contributed by atoms with Crippen LogP contribution in [-0.4, -0.2) is 23.8 Å². The van der Waals surface area contributed by atoms with Gasteiger partial charge in [0.2, 0.25) is 0 Å². The van der Waals surface area contributed by atoms with Gasteiger partial charge in [-0.05, 0) is 5.56 Å². The molecule has 5 heteroatoms. The number of nitrogens with zero attached hydrogens (tertiary/aromatic N) is 1. The van der Waals surface area contributed by atoms with Crippen LogP contribution in [0.15, 0.2) is 35.5 Å². The van der Waals surface area contributed by atoms with Gasteiger partial charge in [-0.25, -0.2) is 0 Å². The van der Waals surface area contributed by atoms with Crippen molar-refractivity contribution in [1.29, 1.82) is 0 Å². The minimum Gasteiger partial charge on any atom is -0.399 e. The number of carbonyl (C=O) groups is 1. The number of carbonyl (C=O) groups excluding carboxylic acids is 1. The maximum absolute atomic E-state index is 11.0. The number of amides is 1. The Hall–Kier alpha value is -1.88. The highest BCUT2D eigenvalue weighted by Gasteiger charge is 2.20. The van der Waals surface area contributed by atoms with Gasteiger partial charge in [0.15, 0.2) is 5.71 Å². The van der Waals surface area contributed by atoms with Crippen LogP contribution in [0.25, 0.3) is 0 Å². The predicted octanol–water partition coefficient (Wildman–Crippen LogP) is 0.208. The zero-order valence-electron chi connectivity index (χ0n) is 8.25. The second-order valence-corrected chi connectivity index (χ2v) is 2.84. The third-order valence-corrected chi connectivity index (χ3v) is 1.82. The summed E-state index contributed by atoms with van der Waals surface area (Å²) in [5.74, 6) is -0.812. The van der Waals surface area contributed by atoms with E-state index in [1.807, 2.05) is 0 Å². The summed E-state index contributed by atoms with van der Waals surface area (Å²) in [6, 6.07) is 8.61. The molecule has 80 valence electrons. The molecule has 0 spiro atoms. The molecule has 0 saturated heterocycles. The quantitative estimate of drug-likeness (QED) is 0.547. The lowest BCUT2D eigenvalue weighted by molar-refractivity contribution is -0.112. The van der Waals surface area contributed by atoms with Gasteiger partial charge in [0, 0.05) is 0 Å². The monoisotopic (exact) mass is 208 g/mol. The van der Waals surface area contributed by atoms with Crippen LogP contribution in [0.2, 0.25) is 0 Å². The fourth-order valence-electron chi connectivity index (χ4n) is 1.12. The molecule has 1 aromatic rings. The Morgan fingerprint density at radius 1 is 1.47 bits per heavy atom. The van der Waals surface area contributed by atoms with Crippen molar-refractivity contribution in [3.8, 4) is 0 Å². The SMILES string of the molecule is CO/N=C(\C(N)=O)[C@H](O)c1ccccc1. The lowest BCUT2D eigenvalue weighted by Gasteiger charge is -2.10. The molecule has 0 aliphatic rings. The first-order valence-electron chi connectivity index (χ1n) is 4.30. The van der Waals surface area contributed by atoms with Gasteiger partial charge < -0.3 is 15.7 Å². The summed E-state index contributed by atoms with van der Waals surface area (Å²) in [6.45, 7) is 0. The Morgan fingerprint density at radius 3 is 2.53 bits per heavy atom. The van der Waals surface area contributed by atoms with Crippen molar-refractivity contribution in [3.05, 3.63) is 35.9 Å². The first-order valence-corrected chi connectivity index (χ1v) is 4.30. The second-order valence-electron chi connectivity index (χ2n) is 2.84. The molecule has 15 heavy (non-hydrogen) atoms. The molecule has 0 fully saturated rings. The van der Waals surface area contributed by atoms with Crippen LogP contribution in [0, 0.1) is 0 Å². The third-order valence-electron chi connectivity index (χ3n) is 1.82. The highest BCUT2D eigenvalue weighted by molar-refractivity contribution is 6.39. The molecular formula is C10H12N2O3. The van der Waals surface area contributed by atoms with Crippen molar-refractivity contribution >= 4 is 11.6 Å². The standard InChI is InChI=1S/C10H12N2O3/c1-15-12-8(10(11)14)9(13)7-5-3-2-4-6-7/h2-6,9,13H,1H3,(H2,11,14)/b12-8-/t9-/m1/s1. The van der Waals surface area contributed by atoms with Crippen LogP contribution in [0.1, 0.15) is 11.7 Å². The van der Waals surface area contributed by atoms with Crippen LogP contribution in [0.4, 0.5) is 0 Å². The Morgan fingerprint density at radius 2 is 2.07 bits per heavy atom. The third kappa shape index (κ3) is 2.78. The number of hydrogen-bond donors (Lipinski definition) is 2. The van der Waals surface area contributed by atoms with Crippen molar-refractivity contribution in [2.45, 2.75) is 6.10 Å². The van der Waals surface area contributed by atoms with Crippen molar-refractivity contribution in [1.82, 2.24) is 0 Å². The Bertz CT molecular complexity index is 362. The van der Waals surface area contributed by atoms with Gasteiger partial charge in [0.25, 0.3) is 5.91 Å². The molecule has 0 saturated carbocycles. The number of benzene rings is 1. The van der Waals surface area contributed by atoms with Crippen LogP contribution in [0.5, 0.6) is 0 Å². The first kappa shape index (κ1) is 11.2. The predicted molar refractivity (Wildman–Crippen MR) is 55.0 cm³/mol. The molecule has 0 aliphatic carbocycles. The van der Waals surface area contributed by atoms with Gasteiger partial charge in [-0.3, -0.25) is 4.79 Å². The molecule has 1 atom stereocenters. The minimum absolute atomic E-state index is 0.219. The maximum Gasteiger partial charge on any atom is 0.269 e. The highest BCUT2D eigenvalue weighted by Crippen LogP contribution is 2.13. The van der Waals surface area contributed by atoms with Gasteiger partial charge in [-0.15, -0.1) is 0 Å².